The molecule has 0 aliphatic carbocycles. The maximum Gasteiger partial charge on any atom is 0.124 e. The van der Waals surface area contributed by atoms with Gasteiger partial charge in [-0.3, -0.25) is 0 Å². The lowest BCUT2D eigenvalue weighted by molar-refractivity contribution is 0.949. The molecule has 0 radical (unpaired) electrons. The van der Waals surface area contributed by atoms with Gasteiger partial charge in [0, 0.05) is 30.7 Å². The van der Waals surface area contributed by atoms with E-state index in [1.54, 1.807) is 0 Å². The summed E-state index contributed by atoms with van der Waals surface area (Å²) < 4.78 is 2.87. The zero-order chi connectivity index (χ0) is 13.7. The lowest BCUT2D eigenvalue weighted by atomic mass is 10.2. The minimum absolute atomic E-state index is 0.862. The van der Waals surface area contributed by atoms with Crippen LogP contribution in [-0.2, 0) is 0 Å². The van der Waals surface area contributed by atoms with Gasteiger partial charge in [0.1, 0.15) is 10.9 Å². The molecule has 0 spiro atoms. The molecule has 0 atom stereocenters. The van der Waals surface area contributed by atoms with Gasteiger partial charge in [0.05, 0.1) is 0 Å². The smallest absolute Gasteiger partial charge is 0.124 e. The molecule has 4 heteroatoms. The zero-order valence-electron chi connectivity index (χ0n) is 11.5. The molecular weight excluding hydrogens is 302 g/mol. The fourth-order valence-electron chi connectivity index (χ4n) is 2.25. The van der Waals surface area contributed by atoms with Crippen LogP contribution in [0.25, 0.3) is 5.69 Å². The Labute approximate surface area is 123 Å². The van der Waals surface area contributed by atoms with E-state index in [-0.39, 0.29) is 0 Å². The Morgan fingerprint density at radius 1 is 1.00 bits per heavy atom. The Kier molecular flexibility index (Phi) is 5.02. The van der Waals surface area contributed by atoms with Crippen LogP contribution in [0.1, 0.15) is 26.7 Å². The third-order valence-corrected chi connectivity index (χ3v) is 3.58. The van der Waals surface area contributed by atoms with Crippen LogP contribution in [0.5, 0.6) is 0 Å². The second-order valence-corrected chi connectivity index (χ2v) is 5.13. The maximum atomic E-state index is 4.16. The fraction of sp³-hybridized carbons (Fsp3) is 0.400. The molecule has 19 heavy (non-hydrogen) atoms. The van der Waals surface area contributed by atoms with Gasteiger partial charge in [-0.1, -0.05) is 13.8 Å². The van der Waals surface area contributed by atoms with Crippen LogP contribution < -0.4 is 4.90 Å². The van der Waals surface area contributed by atoms with Crippen molar-refractivity contribution in [3.05, 3.63) is 41.4 Å². The van der Waals surface area contributed by atoms with E-state index in [9.17, 15) is 0 Å². The van der Waals surface area contributed by atoms with E-state index >= 15 is 0 Å². The molecule has 0 unspecified atom stereocenters. The minimum atomic E-state index is 0.862. The molecule has 0 bridgehead atoms. The summed E-state index contributed by atoms with van der Waals surface area (Å²) in [6.45, 7) is 6.38. The Morgan fingerprint density at radius 3 is 2.11 bits per heavy atom. The third kappa shape index (κ3) is 3.38. The highest BCUT2D eigenvalue weighted by molar-refractivity contribution is 9.10. The first kappa shape index (κ1) is 14.1. The number of hydrogen-bond acceptors (Lipinski definition) is 2. The van der Waals surface area contributed by atoms with Crippen LogP contribution in [0.4, 0.5) is 5.69 Å². The zero-order valence-corrected chi connectivity index (χ0v) is 13.1. The first-order valence-corrected chi connectivity index (χ1v) is 7.67. The standard InChI is InChI=1S/C13H14BrN3.C2H6/c14-13-9-17(10-15-13)12-5-3-11(4-6-12)16-7-1-2-8-16;1-2/h3-6,9-10H,1-2,7-8H2;1-2H3. The van der Waals surface area contributed by atoms with Crippen molar-refractivity contribution in [2.24, 2.45) is 0 Å². The molecule has 0 amide bonds. The van der Waals surface area contributed by atoms with Crippen molar-refractivity contribution in [1.82, 2.24) is 9.55 Å². The molecule has 0 saturated carbocycles. The van der Waals surface area contributed by atoms with Gasteiger partial charge in [-0.15, -0.1) is 0 Å². The van der Waals surface area contributed by atoms with Crippen LogP contribution in [0.2, 0.25) is 0 Å². The van der Waals surface area contributed by atoms with Gasteiger partial charge in [-0.05, 0) is 53.0 Å². The number of aromatic nitrogens is 2. The highest BCUT2D eigenvalue weighted by atomic mass is 79.9. The number of imidazole rings is 1. The third-order valence-electron chi connectivity index (χ3n) is 3.17. The monoisotopic (exact) mass is 321 g/mol. The molecule has 1 fully saturated rings. The lowest BCUT2D eigenvalue weighted by Crippen LogP contribution is -2.17. The highest BCUT2D eigenvalue weighted by Crippen LogP contribution is 2.22. The van der Waals surface area contributed by atoms with Crippen molar-refractivity contribution >= 4 is 21.6 Å². The molecule has 102 valence electrons. The molecule has 2 heterocycles. The molecule has 1 aromatic heterocycles. The number of nitrogens with zero attached hydrogens (tertiary/aromatic N) is 3. The average Bonchev–Trinajstić information content (AvgIpc) is 3.12. The molecule has 3 rings (SSSR count). The Hall–Kier alpha value is -1.29. The molecule has 1 saturated heterocycles. The van der Waals surface area contributed by atoms with Gasteiger partial charge in [-0.2, -0.15) is 0 Å². The Morgan fingerprint density at radius 2 is 1.58 bits per heavy atom. The number of benzene rings is 1. The van der Waals surface area contributed by atoms with Crippen molar-refractivity contribution < 1.29 is 0 Å². The van der Waals surface area contributed by atoms with Crippen LogP contribution in [0.15, 0.2) is 41.4 Å². The predicted octanol–water partition coefficient (Wildman–Crippen LogP) is 4.26. The number of halogens is 1. The summed E-state index contributed by atoms with van der Waals surface area (Å²) in [6, 6.07) is 8.66. The summed E-state index contributed by atoms with van der Waals surface area (Å²) in [5.74, 6) is 0. The highest BCUT2D eigenvalue weighted by Gasteiger charge is 2.11. The second-order valence-electron chi connectivity index (χ2n) is 4.31. The van der Waals surface area contributed by atoms with Gasteiger partial charge in [0.15, 0.2) is 0 Å². The largest absolute Gasteiger partial charge is 0.372 e. The summed E-state index contributed by atoms with van der Waals surface area (Å²) in [4.78, 5) is 6.60. The van der Waals surface area contributed by atoms with Crippen molar-refractivity contribution in [1.29, 1.82) is 0 Å². The molecule has 3 nitrogen and oxygen atoms in total. The number of anilines is 1. The Balaban J connectivity index is 0.000000637. The fourth-order valence-corrected chi connectivity index (χ4v) is 2.56. The van der Waals surface area contributed by atoms with E-state index in [0.717, 1.165) is 10.3 Å². The molecule has 1 aliphatic heterocycles. The van der Waals surface area contributed by atoms with E-state index < -0.39 is 0 Å². The number of rotatable bonds is 2. The number of hydrogen-bond donors (Lipinski definition) is 0. The molecule has 2 aromatic rings. The average molecular weight is 322 g/mol. The molecule has 1 aromatic carbocycles. The van der Waals surface area contributed by atoms with Gasteiger partial charge in [0.25, 0.3) is 0 Å². The summed E-state index contributed by atoms with van der Waals surface area (Å²) in [5.41, 5.74) is 2.47. The maximum absolute atomic E-state index is 4.16. The van der Waals surface area contributed by atoms with Gasteiger partial charge < -0.3 is 9.47 Å². The molecule has 0 N–H and O–H groups in total. The van der Waals surface area contributed by atoms with Gasteiger partial charge in [-0.25, -0.2) is 4.98 Å². The van der Waals surface area contributed by atoms with Gasteiger partial charge >= 0.3 is 0 Å². The lowest BCUT2D eigenvalue weighted by Gasteiger charge is -2.17. The first-order valence-electron chi connectivity index (χ1n) is 6.88. The second kappa shape index (κ2) is 6.75. The van der Waals surface area contributed by atoms with Crippen molar-refractivity contribution in [2.75, 3.05) is 18.0 Å². The molecular formula is C15H20BrN3. The van der Waals surface area contributed by atoms with Crippen molar-refractivity contribution in [3.8, 4) is 5.69 Å². The van der Waals surface area contributed by atoms with Crippen LogP contribution in [0, 0.1) is 0 Å². The van der Waals surface area contributed by atoms with Crippen LogP contribution >= 0.6 is 15.9 Å². The normalized spacial score (nSPS) is 14.2. The summed E-state index contributed by atoms with van der Waals surface area (Å²) in [5, 5.41) is 0. The van der Waals surface area contributed by atoms with Crippen LogP contribution in [-0.4, -0.2) is 22.6 Å². The minimum Gasteiger partial charge on any atom is -0.372 e. The van der Waals surface area contributed by atoms with Crippen molar-refractivity contribution in [2.45, 2.75) is 26.7 Å². The SMILES string of the molecule is Brc1cn(-c2ccc(N3CCCC3)cc2)cn1.CC. The summed E-state index contributed by atoms with van der Waals surface area (Å²) in [6.07, 6.45) is 6.41. The quantitative estimate of drug-likeness (QED) is 0.824. The Bertz CT molecular complexity index is 498. The van der Waals surface area contributed by atoms with E-state index in [1.165, 1.54) is 31.6 Å². The first-order chi connectivity index (χ1) is 9.33. The van der Waals surface area contributed by atoms with E-state index in [1.807, 2.05) is 30.9 Å². The topological polar surface area (TPSA) is 21.1 Å². The van der Waals surface area contributed by atoms with Gasteiger partial charge in [0.2, 0.25) is 0 Å². The predicted molar refractivity (Wildman–Crippen MR) is 84.1 cm³/mol. The van der Waals surface area contributed by atoms with E-state index in [0.29, 0.717) is 0 Å². The van der Waals surface area contributed by atoms with E-state index in [4.69, 9.17) is 0 Å². The van der Waals surface area contributed by atoms with Crippen LogP contribution in [0.3, 0.4) is 0 Å². The van der Waals surface area contributed by atoms with E-state index in [2.05, 4.69) is 50.1 Å². The molecule has 1 aliphatic rings. The summed E-state index contributed by atoms with van der Waals surface area (Å²) in [7, 11) is 0. The van der Waals surface area contributed by atoms with Crippen molar-refractivity contribution in [3.63, 3.8) is 0 Å². The summed E-state index contributed by atoms with van der Waals surface area (Å²) >= 11 is 3.36.